The molecule has 0 radical (unpaired) electrons. The Kier molecular flexibility index (Phi) is 5.14. The Balaban J connectivity index is 1.90. The molecule has 5 nitrogen and oxygen atoms in total. The molecule has 0 aliphatic heterocycles. The van der Waals surface area contributed by atoms with E-state index in [-0.39, 0.29) is 12.5 Å². The van der Waals surface area contributed by atoms with Gasteiger partial charge in [-0.15, -0.1) is 11.3 Å². The Morgan fingerprint density at radius 3 is 3.00 bits per heavy atom. The van der Waals surface area contributed by atoms with Crippen molar-refractivity contribution in [3.63, 3.8) is 0 Å². The summed E-state index contributed by atoms with van der Waals surface area (Å²) in [6, 6.07) is 0. The van der Waals surface area contributed by atoms with Gasteiger partial charge in [-0.1, -0.05) is 0 Å². The lowest BCUT2D eigenvalue weighted by Gasteiger charge is -2.16. The Bertz CT molecular complexity index is 576. The first-order valence-corrected chi connectivity index (χ1v) is 7.76. The molecule has 110 valence electrons. The van der Waals surface area contributed by atoms with E-state index in [2.05, 4.69) is 4.98 Å². The summed E-state index contributed by atoms with van der Waals surface area (Å²) in [4.78, 5) is 19.3. The normalized spacial score (nSPS) is 11.2. The number of fused-ring (bicyclic) bond motifs is 1. The first-order chi connectivity index (χ1) is 9.61. The number of unbranched alkanes of at least 4 members (excludes halogenated alkanes) is 2. The molecule has 0 unspecified atom stereocenters. The molecule has 2 aromatic heterocycles. The molecule has 2 heterocycles. The second-order valence-corrected chi connectivity index (χ2v) is 5.87. The van der Waals surface area contributed by atoms with Crippen molar-refractivity contribution in [2.45, 2.75) is 32.6 Å². The van der Waals surface area contributed by atoms with Crippen LogP contribution in [0, 0.1) is 6.92 Å². The molecule has 20 heavy (non-hydrogen) atoms. The Morgan fingerprint density at radius 2 is 2.25 bits per heavy atom. The molecule has 0 bridgehead atoms. The molecule has 2 rings (SSSR count). The minimum absolute atomic E-state index is 0.125. The zero-order valence-electron chi connectivity index (χ0n) is 12.0. The van der Waals surface area contributed by atoms with E-state index in [0.717, 1.165) is 42.2 Å². The van der Waals surface area contributed by atoms with Gasteiger partial charge in [0.2, 0.25) is 5.91 Å². The van der Waals surface area contributed by atoms with Gasteiger partial charge in [-0.25, -0.2) is 4.98 Å². The quantitative estimate of drug-likeness (QED) is 0.793. The van der Waals surface area contributed by atoms with Crippen LogP contribution in [0.15, 0.2) is 11.6 Å². The number of thiazole rings is 1. The van der Waals surface area contributed by atoms with Gasteiger partial charge in [0, 0.05) is 37.5 Å². The van der Waals surface area contributed by atoms with Crippen molar-refractivity contribution in [2.75, 3.05) is 20.2 Å². The van der Waals surface area contributed by atoms with Gasteiger partial charge < -0.3 is 10.0 Å². The van der Waals surface area contributed by atoms with Gasteiger partial charge in [0.15, 0.2) is 4.96 Å². The first kappa shape index (κ1) is 15.0. The van der Waals surface area contributed by atoms with Crippen LogP contribution in [0.5, 0.6) is 0 Å². The average molecular weight is 295 g/mol. The van der Waals surface area contributed by atoms with Gasteiger partial charge in [0.25, 0.3) is 0 Å². The molecular formula is C14H21N3O2S. The lowest BCUT2D eigenvalue weighted by atomic mass is 10.2. The summed E-state index contributed by atoms with van der Waals surface area (Å²) in [5.74, 6) is 0.125. The zero-order chi connectivity index (χ0) is 14.5. The number of carbonyl (C=O) groups is 1. The fraction of sp³-hybridized carbons (Fsp3) is 0.571. The highest BCUT2D eigenvalue weighted by molar-refractivity contribution is 7.15. The number of rotatable bonds is 7. The highest BCUT2D eigenvalue weighted by Gasteiger charge is 2.13. The molecule has 0 saturated carbocycles. The number of hydrogen-bond acceptors (Lipinski definition) is 4. The zero-order valence-corrected chi connectivity index (χ0v) is 12.8. The molecule has 0 aromatic carbocycles. The minimum Gasteiger partial charge on any atom is -0.396 e. The van der Waals surface area contributed by atoms with E-state index in [0.29, 0.717) is 6.42 Å². The summed E-state index contributed by atoms with van der Waals surface area (Å²) < 4.78 is 2.00. The number of aromatic nitrogens is 2. The van der Waals surface area contributed by atoms with Crippen molar-refractivity contribution in [3.05, 3.63) is 23.0 Å². The van der Waals surface area contributed by atoms with Crippen LogP contribution in [-0.4, -0.2) is 45.5 Å². The first-order valence-electron chi connectivity index (χ1n) is 6.88. The molecule has 6 heteroatoms. The lowest BCUT2D eigenvalue weighted by molar-refractivity contribution is -0.129. The maximum Gasteiger partial charge on any atom is 0.228 e. The van der Waals surface area contributed by atoms with Crippen molar-refractivity contribution in [1.82, 2.24) is 14.3 Å². The number of imidazole rings is 1. The molecule has 0 saturated heterocycles. The standard InChI is InChI=1S/C14H21N3O2S/c1-11-9-17-12(10-20-14(17)15-11)8-13(19)16(2)6-4-3-5-7-18/h9-10,18H,3-8H2,1-2H3. The molecule has 0 fully saturated rings. The predicted octanol–water partition coefficient (Wildman–Crippen LogP) is 1.87. The summed E-state index contributed by atoms with van der Waals surface area (Å²) in [5.41, 5.74) is 1.97. The van der Waals surface area contributed by atoms with Crippen LogP contribution in [0.3, 0.4) is 0 Å². The monoisotopic (exact) mass is 295 g/mol. The fourth-order valence-electron chi connectivity index (χ4n) is 2.12. The van der Waals surface area contributed by atoms with Crippen LogP contribution in [-0.2, 0) is 11.2 Å². The van der Waals surface area contributed by atoms with Gasteiger partial charge in [-0.3, -0.25) is 9.20 Å². The molecule has 0 spiro atoms. The second kappa shape index (κ2) is 6.85. The number of aliphatic hydroxyl groups excluding tert-OH is 1. The summed E-state index contributed by atoms with van der Waals surface area (Å²) in [6.07, 6.45) is 5.08. The third-order valence-electron chi connectivity index (χ3n) is 3.31. The van der Waals surface area contributed by atoms with E-state index in [1.165, 1.54) is 0 Å². The third kappa shape index (κ3) is 3.58. The number of hydrogen-bond donors (Lipinski definition) is 1. The lowest BCUT2D eigenvalue weighted by Crippen LogP contribution is -2.29. The summed E-state index contributed by atoms with van der Waals surface area (Å²) in [6.45, 7) is 2.93. The maximum absolute atomic E-state index is 12.2. The van der Waals surface area contributed by atoms with Crippen molar-refractivity contribution in [3.8, 4) is 0 Å². The summed E-state index contributed by atoms with van der Waals surface area (Å²) in [7, 11) is 1.84. The Labute approximate surface area is 122 Å². The van der Waals surface area contributed by atoms with Crippen molar-refractivity contribution in [2.24, 2.45) is 0 Å². The average Bonchev–Trinajstić information content (AvgIpc) is 2.95. The van der Waals surface area contributed by atoms with E-state index < -0.39 is 0 Å². The van der Waals surface area contributed by atoms with E-state index in [4.69, 9.17) is 5.11 Å². The van der Waals surface area contributed by atoms with Crippen LogP contribution < -0.4 is 0 Å². The topological polar surface area (TPSA) is 57.8 Å². The third-order valence-corrected chi connectivity index (χ3v) is 4.20. The van der Waals surface area contributed by atoms with Crippen LogP contribution in [0.4, 0.5) is 0 Å². The highest BCUT2D eigenvalue weighted by Crippen LogP contribution is 2.17. The van der Waals surface area contributed by atoms with E-state index >= 15 is 0 Å². The Morgan fingerprint density at radius 1 is 1.45 bits per heavy atom. The molecule has 1 amide bonds. The highest BCUT2D eigenvalue weighted by atomic mass is 32.1. The number of aliphatic hydroxyl groups is 1. The molecule has 0 aliphatic rings. The molecule has 0 atom stereocenters. The number of amides is 1. The SMILES string of the molecule is Cc1cn2c(CC(=O)N(C)CCCCCO)csc2n1. The van der Waals surface area contributed by atoms with Gasteiger partial charge in [0.1, 0.15) is 0 Å². The Hall–Kier alpha value is -1.40. The molecule has 1 N–H and O–H groups in total. The number of likely N-dealkylation sites (N-methyl/N-ethyl adjacent to an activating group) is 1. The van der Waals surface area contributed by atoms with Crippen molar-refractivity contribution >= 4 is 22.2 Å². The van der Waals surface area contributed by atoms with E-state index in [9.17, 15) is 4.79 Å². The minimum atomic E-state index is 0.125. The molecule has 2 aromatic rings. The van der Waals surface area contributed by atoms with Crippen LogP contribution in [0.1, 0.15) is 30.7 Å². The second-order valence-electron chi connectivity index (χ2n) is 5.04. The van der Waals surface area contributed by atoms with E-state index in [1.807, 2.05) is 29.9 Å². The van der Waals surface area contributed by atoms with E-state index in [1.54, 1.807) is 16.2 Å². The largest absolute Gasteiger partial charge is 0.396 e. The number of aryl methyl sites for hydroxylation is 1. The van der Waals surface area contributed by atoms with Crippen molar-refractivity contribution < 1.29 is 9.90 Å². The van der Waals surface area contributed by atoms with Crippen LogP contribution in [0.2, 0.25) is 0 Å². The molecule has 0 aliphatic carbocycles. The summed E-state index contributed by atoms with van der Waals surface area (Å²) >= 11 is 1.57. The molecular weight excluding hydrogens is 274 g/mol. The fourth-order valence-corrected chi connectivity index (χ4v) is 3.04. The summed E-state index contributed by atoms with van der Waals surface area (Å²) in [5, 5.41) is 10.7. The maximum atomic E-state index is 12.2. The van der Waals surface area contributed by atoms with Crippen molar-refractivity contribution in [1.29, 1.82) is 0 Å². The number of nitrogens with zero attached hydrogens (tertiary/aromatic N) is 3. The smallest absolute Gasteiger partial charge is 0.228 e. The van der Waals surface area contributed by atoms with Gasteiger partial charge >= 0.3 is 0 Å². The van der Waals surface area contributed by atoms with Gasteiger partial charge in [0.05, 0.1) is 12.1 Å². The number of carbonyl (C=O) groups excluding carboxylic acids is 1. The van der Waals surface area contributed by atoms with Gasteiger partial charge in [-0.2, -0.15) is 0 Å². The van der Waals surface area contributed by atoms with Crippen LogP contribution in [0.25, 0.3) is 4.96 Å². The van der Waals surface area contributed by atoms with Gasteiger partial charge in [-0.05, 0) is 26.2 Å². The predicted molar refractivity (Wildman–Crippen MR) is 80.1 cm³/mol. The van der Waals surface area contributed by atoms with Crippen LogP contribution >= 0.6 is 11.3 Å².